The Balaban J connectivity index is 1.23. The van der Waals surface area contributed by atoms with Crippen molar-refractivity contribution < 1.29 is 0 Å². The van der Waals surface area contributed by atoms with E-state index in [9.17, 15) is 10.5 Å². The van der Waals surface area contributed by atoms with E-state index in [0.717, 1.165) is 113 Å². The molecule has 0 aliphatic heterocycles. The number of fused-ring (bicyclic) bond motifs is 20. The van der Waals surface area contributed by atoms with E-state index in [1.54, 1.807) is 22.7 Å². The highest BCUT2D eigenvalue weighted by molar-refractivity contribution is 7.27. The average molecular weight is 1000 g/mol. The zero-order chi connectivity index (χ0) is 49.9. The lowest BCUT2D eigenvalue weighted by Gasteiger charge is -2.27. The van der Waals surface area contributed by atoms with Gasteiger partial charge in [-0.1, -0.05) is 170 Å². The number of nitrogens with zero attached hydrogens (tertiary/aromatic N) is 6. The Morgan fingerprint density at radius 3 is 0.882 bits per heavy atom. The number of aromatic nitrogens is 4. The van der Waals surface area contributed by atoms with Crippen molar-refractivity contribution >= 4 is 150 Å². The van der Waals surface area contributed by atoms with Crippen LogP contribution in [0.4, 0.5) is 0 Å². The molecular weight excluding hydrogens is 965 g/mol. The van der Waals surface area contributed by atoms with Crippen LogP contribution in [0.3, 0.4) is 0 Å². The second-order valence-corrected chi connectivity index (χ2v) is 21.8. The Morgan fingerprint density at radius 2 is 0.526 bits per heavy atom. The molecular formula is C68H36N6S2. The average Bonchev–Trinajstić information content (AvgIpc) is 4.48. The van der Waals surface area contributed by atoms with Gasteiger partial charge in [0.25, 0.3) is 0 Å². The molecule has 6 nitrogen and oxygen atoms in total. The molecule has 0 atom stereocenters. The first-order valence-corrected chi connectivity index (χ1v) is 27.0. The maximum absolute atomic E-state index is 12.7. The highest BCUT2D eigenvalue weighted by atomic mass is 32.1. The van der Waals surface area contributed by atoms with Crippen LogP contribution in [-0.2, 0) is 0 Å². The molecule has 0 radical (unpaired) electrons. The van der Waals surface area contributed by atoms with Gasteiger partial charge in [0.1, 0.15) is 23.3 Å². The van der Waals surface area contributed by atoms with Crippen molar-refractivity contribution in [3.05, 3.63) is 230 Å². The summed E-state index contributed by atoms with van der Waals surface area (Å²) in [7, 11) is 0. The number of hydrogen-bond donors (Lipinski definition) is 0. The molecule has 0 amide bonds. The van der Waals surface area contributed by atoms with Gasteiger partial charge in [-0.2, -0.15) is 10.5 Å². The largest absolute Gasteiger partial charge is 0.306 e. The summed E-state index contributed by atoms with van der Waals surface area (Å²) in [5.41, 5.74) is 11.1. The molecule has 0 bridgehead atoms. The van der Waals surface area contributed by atoms with Crippen molar-refractivity contribution in [3.63, 3.8) is 0 Å². The van der Waals surface area contributed by atoms with Gasteiger partial charge in [0, 0.05) is 74.0 Å². The van der Waals surface area contributed by atoms with E-state index in [1.807, 2.05) is 0 Å². The molecule has 11 aromatic carbocycles. The summed E-state index contributed by atoms with van der Waals surface area (Å²) in [4.78, 5) is 0. The van der Waals surface area contributed by atoms with Crippen LogP contribution in [0.15, 0.2) is 218 Å². The maximum atomic E-state index is 12.7. The van der Waals surface area contributed by atoms with Gasteiger partial charge in [-0.3, -0.25) is 0 Å². The minimum Gasteiger partial charge on any atom is -0.306 e. The molecule has 17 rings (SSSR count). The molecule has 17 aromatic rings. The lowest BCUT2D eigenvalue weighted by atomic mass is 9.98. The molecule has 0 fully saturated rings. The van der Waals surface area contributed by atoms with Gasteiger partial charge in [0.05, 0.1) is 76.3 Å². The quantitative estimate of drug-likeness (QED) is 0.176. The predicted molar refractivity (Wildman–Crippen MR) is 319 cm³/mol. The minimum atomic E-state index is 0.386. The van der Waals surface area contributed by atoms with E-state index in [0.29, 0.717) is 28.2 Å². The van der Waals surface area contributed by atoms with Crippen LogP contribution in [0, 0.1) is 22.7 Å². The molecule has 0 saturated heterocycles. The number of thiophene rings is 2. The van der Waals surface area contributed by atoms with Crippen LogP contribution in [0.5, 0.6) is 0 Å². The molecule has 0 unspecified atom stereocenters. The monoisotopic (exact) mass is 1000 g/mol. The van der Waals surface area contributed by atoms with Crippen molar-refractivity contribution in [1.82, 2.24) is 18.3 Å². The van der Waals surface area contributed by atoms with Crippen molar-refractivity contribution in [1.29, 1.82) is 10.5 Å². The van der Waals surface area contributed by atoms with Crippen molar-refractivity contribution in [2.45, 2.75) is 0 Å². The smallest absolute Gasteiger partial charge is 0.104 e. The third kappa shape index (κ3) is 5.26. The number of hydrogen-bond acceptors (Lipinski definition) is 4. The number of para-hydroxylation sites is 6. The number of rotatable bonds is 4. The van der Waals surface area contributed by atoms with E-state index in [2.05, 4.69) is 249 Å². The standard InChI is InChI=1S/C68H36N6S2/c69-37-51-61(71-53-25-9-1-17-39(53)40-18-2-10-26-54(40)71)52(38-70)63(74-58-30-14-6-22-44(58)48-34-36-50-46-24-8-16-32-60(46)76-68(50)65(48)74)66(72-55-27-11-3-19-41(55)42-20-4-12-28-56(42)72)62(51)73-57-29-13-5-21-43(57)47-33-35-49-45-23-7-15-31-59(45)75-67(49)64(47)73/h1-36H. The molecule has 0 N–H and O–H groups in total. The summed E-state index contributed by atoms with van der Waals surface area (Å²) in [5.74, 6) is 0. The summed E-state index contributed by atoms with van der Waals surface area (Å²) in [6.07, 6.45) is 0. The van der Waals surface area contributed by atoms with E-state index >= 15 is 0 Å². The predicted octanol–water partition coefficient (Wildman–Crippen LogP) is 18.6. The second kappa shape index (κ2) is 15.3. The lowest BCUT2D eigenvalue weighted by Crippen LogP contribution is -2.17. The Kier molecular flexibility index (Phi) is 8.36. The zero-order valence-corrected chi connectivity index (χ0v) is 41.9. The first-order chi connectivity index (χ1) is 37.7. The topological polar surface area (TPSA) is 67.3 Å². The van der Waals surface area contributed by atoms with Crippen LogP contribution in [0.1, 0.15) is 11.1 Å². The highest BCUT2D eigenvalue weighted by Gasteiger charge is 2.35. The Hall–Kier alpha value is -9.96. The molecule has 0 spiro atoms. The van der Waals surface area contributed by atoms with Gasteiger partial charge in [-0.05, 0) is 48.5 Å². The Bertz CT molecular complexity index is 5190. The van der Waals surface area contributed by atoms with E-state index in [1.165, 1.54) is 20.2 Å². The third-order valence-corrected chi connectivity index (χ3v) is 18.4. The first kappa shape index (κ1) is 41.5. The van der Waals surface area contributed by atoms with Crippen molar-refractivity contribution in [2.24, 2.45) is 0 Å². The summed E-state index contributed by atoms with van der Waals surface area (Å²) in [6.45, 7) is 0. The molecule has 0 saturated carbocycles. The molecule has 76 heavy (non-hydrogen) atoms. The van der Waals surface area contributed by atoms with Gasteiger partial charge in [0.2, 0.25) is 0 Å². The minimum absolute atomic E-state index is 0.386. The Morgan fingerprint density at radius 1 is 0.250 bits per heavy atom. The fourth-order valence-corrected chi connectivity index (χ4v) is 15.5. The zero-order valence-electron chi connectivity index (χ0n) is 40.3. The SMILES string of the molecule is N#Cc1c(-n2c3ccccc3c3ccccc32)c(C#N)c(-n2c3ccccc3c3ccc4c5ccccc5sc4c32)c(-n2c3ccccc3c3ccccc32)c1-n1c2ccccc2c2ccc3c4ccccc4sc3c21. The third-order valence-electron chi connectivity index (χ3n) is 16.0. The van der Waals surface area contributed by atoms with Crippen molar-refractivity contribution in [2.75, 3.05) is 0 Å². The molecule has 6 heterocycles. The fourth-order valence-electron chi connectivity index (χ4n) is 13.0. The highest BCUT2D eigenvalue weighted by Crippen LogP contribution is 2.52. The molecule has 6 aromatic heterocycles. The summed E-state index contributed by atoms with van der Waals surface area (Å²) in [6, 6.07) is 83.5. The molecule has 0 aliphatic carbocycles. The second-order valence-electron chi connectivity index (χ2n) is 19.7. The Labute approximate surface area is 440 Å². The van der Waals surface area contributed by atoms with Gasteiger partial charge >= 0.3 is 0 Å². The van der Waals surface area contributed by atoms with Crippen LogP contribution >= 0.6 is 22.7 Å². The van der Waals surface area contributed by atoms with E-state index < -0.39 is 0 Å². The van der Waals surface area contributed by atoms with Crippen LogP contribution in [0.2, 0.25) is 0 Å². The summed E-state index contributed by atoms with van der Waals surface area (Å²) >= 11 is 3.58. The molecule has 350 valence electrons. The van der Waals surface area contributed by atoms with Gasteiger partial charge in [-0.25, -0.2) is 0 Å². The first-order valence-electron chi connectivity index (χ1n) is 25.4. The fraction of sp³-hybridized carbons (Fsp3) is 0. The normalized spacial score (nSPS) is 12.2. The number of benzene rings is 11. The molecule has 0 aliphatic rings. The number of nitriles is 2. The molecule has 8 heteroatoms. The lowest BCUT2D eigenvalue weighted by molar-refractivity contribution is 1.02. The van der Waals surface area contributed by atoms with Gasteiger partial charge in [-0.15, -0.1) is 22.7 Å². The van der Waals surface area contributed by atoms with Gasteiger partial charge < -0.3 is 18.3 Å². The van der Waals surface area contributed by atoms with Crippen LogP contribution in [0.25, 0.3) is 150 Å². The van der Waals surface area contributed by atoms with Crippen LogP contribution in [-0.4, -0.2) is 18.3 Å². The van der Waals surface area contributed by atoms with Crippen LogP contribution < -0.4 is 0 Å². The maximum Gasteiger partial charge on any atom is 0.104 e. The summed E-state index contributed by atoms with van der Waals surface area (Å²) in [5, 5.41) is 38.5. The van der Waals surface area contributed by atoms with Gasteiger partial charge in [0.15, 0.2) is 0 Å². The van der Waals surface area contributed by atoms with E-state index in [-0.39, 0.29) is 0 Å². The summed E-state index contributed by atoms with van der Waals surface area (Å²) < 4.78 is 14.0. The van der Waals surface area contributed by atoms with E-state index in [4.69, 9.17) is 0 Å². The van der Waals surface area contributed by atoms with Crippen molar-refractivity contribution in [3.8, 4) is 34.9 Å².